The molecule has 182 valence electrons. The van der Waals surface area contributed by atoms with Gasteiger partial charge in [0.25, 0.3) is 5.56 Å². The Kier molecular flexibility index (Phi) is 6.18. The number of amides is 1. The summed E-state index contributed by atoms with van der Waals surface area (Å²) in [7, 11) is 0. The molecule has 0 bridgehead atoms. The highest BCUT2D eigenvalue weighted by Crippen LogP contribution is 2.26. The van der Waals surface area contributed by atoms with Gasteiger partial charge in [-0.15, -0.1) is 0 Å². The summed E-state index contributed by atoms with van der Waals surface area (Å²) < 4.78 is 15.3. The summed E-state index contributed by atoms with van der Waals surface area (Å²) in [4.78, 5) is 38.4. The molecule has 4 rings (SSSR count). The molecule has 6 N–H and O–H groups in total. The lowest BCUT2D eigenvalue weighted by atomic mass is 10.2. The standard InChI is InChI=1S/C20H20ClFN10O3/c1-9(26-16-12(8-23)15(24)28-19(25)29-16)17-27-14-11(6-10(22)7-13(14)21)18(33)32(17)31-4-2-30(3-5-31)20(34)35/h6-7,9H,2-5H2,1H3,(H,34,35)(H5,24,25,26,28,29). The summed E-state index contributed by atoms with van der Waals surface area (Å²) >= 11 is 6.20. The van der Waals surface area contributed by atoms with Crippen molar-refractivity contribution in [2.45, 2.75) is 13.0 Å². The highest BCUT2D eigenvalue weighted by molar-refractivity contribution is 6.35. The van der Waals surface area contributed by atoms with Gasteiger partial charge >= 0.3 is 6.09 Å². The molecule has 1 aliphatic heterocycles. The van der Waals surface area contributed by atoms with E-state index in [1.807, 2.05) is 6.07 Å². The van der Waals surface area contributed by atoms with Gasteiger partial charge in [-0.05, 0) is 19.1 Å². The molecule has 35 heavy (non-hydrogen) atoms. The number of anilines is 3. The van der Waals surface area contributed by atoms with E-state index < -0.39 is 23.5 Å². The van der Waals surface area contributed by atoms with Crippen LogP contribution in [-0.2, 0) is 0 Å². The van der Waals surface area contributed by atoms with E-state index in [-0.39, 0.29) is 71.1 Å². The monoisotopic (exact) mass is 502 g/mol. The summed E-state index contributed by atoms with van der Waals surface area (Å²) in [6.07, 6.45) is -1.07. The van der Waals surface area contributed by atoms with E-state index in [0.29, 0.717) is 0 Å². The molecule has 15 heteroatoms. The number of nitrogens with one attached hydrogen (secondary N) is 1. The molecule has 1 unspecified atom stereocenters. The maximum absolute atomic E-state index is 14.1. The highest BCUT2D eigenvalue weighted by atomic mass is 35.5. The maximum Gasteiger partial charge on any atom is 0.407 e. The van der Waals surface area contributed by atoms with E-state index in [1.165, 1.54) is 9.58 Å². The van der Waals surface area contributed by atoms with Gasteiger partial charge in [-0.1, -0.05) is 11.6 Å². The first-order valence-electron chi connectivity index (χ1n) is 10.3. The zero-order valence-electron chi connectivity index (χ0n) is 18.4. The minimum Gasteiger partial charge on any atom is -0.465 e. The summed E-state index contributed by atoms with van der Waals surface area (Å²) in [5.41, 5.74) is 10.9. The van der Waals surface area contributed by atoms with Crippen LogP contribution >= 0.6 is 11.6 Å². The van der Waals surface area contributed by atoms with Crippen molar-refractivity contribution in [2.24, 2.45) is 0 Å². The minimum atomic E-state index is -1.07. The second-order valence-corrected chi connectivity index (χ2v) is 8.17. The highest BCUT2D eigenvalue weighted by Gasteiger charge is 2.27. The average molecular weight is 503 g/mol. The Morgan fingerprint density at radius 3 is 2.57 bits per heavy atom. The van der Waals surface area contributed by atoms with Crippen LogP contribution in [0.2, 0.25) is 5.02 Å². The smallest absolute Gasteiger partial charge is 0.407 e. The fraction of sp³-hybridized carbons (Fsp3) is 0.300. The number of hydrogen-bond acceptors (Lipinski definition) is 10. The molecule has 0 radical (unpaired) electrons. The topological polar surface area (TPSA) is 192 Å². The van der Waals surface area contributed by atoms with Gasteiger partial charge in [-0.25, -0.2) is 18.8 Å². The molecule has 0 aliphatic carbocycles. The van der Waals surface area contributed by atoms with Crippen LogP contribution in [0.5, 0.6) is 0 Å². The number of hydrogen-bond donors (Lipinski definition) is 4. The summed E-state index contributed by atoms with van der Waals surface area (Å²) in [5.74, 6) is -0.787. The molecule has 1 atom stereocenters. The number of halogens is 2. The van der Waals surface area contributed by atoms with Crippen LogP contribution in [0.15, 0.2) is 16.9 Å². The Hall–Kier alpha value is -4.38. The van der Waals surface area contributed by atoms with E-state index in [0.717, 1.165) is 12.1 Å². The van der Waals surface area contributed by atoms with E-state index in [1.54, 1.807) is 11.9 Å². The Balaban J connectivity index is 1.85. The first kappa shape index (κ1) is 23.8. The van der Waals surface area contributed by atoms with Crippen molar-refractivity contribution in [3.63, 3.8) is 0 Å². The first-order chi connectivity index (χ1) is 16.6. The zero-order chi connectivity index (χ0) is 25.4. The fourth-order valence-corrected chi connectivity index (χ4v) is 4.09. The van der Waals surface area contributed by atoms with Gasteiger partial charge in [-0.2, -0.15) is 15.2 Å². The molecule has 1 aromatic carbocycles. The van der Waals surface area contributed by atoms with Crippen LogP contribution in [-0.4, -0.2) is 61.9 Å². The summed E-state index contributed by atoms with van der Waals surface area (Å²) in [6.45, 7) is 2.30. The van der Waals surface area contributed by atoms with Crippen LogP contribution in [0.1, 0.15) is 24.4 Å². The summed E-state index contributed by atoms with van der Waals surface area (Å²) in [5, 5.41) is 23.2. The second-order valence-electron chi connectivity index (χ2n) is 7.76. The van der Waals surface area contributed by atoms with Crippen LogP contribution < -0.4 is 27.4 Å². The van der Waals surface area contributed by atoms with E-state index in [4.69, 9.17) is 23.1 Å². The minimum absolute atomic E-state index is 0.0341. The number of nitrogen functional groups attached to an aromatic ring is 2. The molecular formula is C20H20ClFN10O3. The van der Waals surface area contributed by atoms with Crippen LogP contribution in [0.4, 0.5) is 26.8 Å². The van der Waals surface area contributed by atoms with Gasteiger partial charge in [0.05, 0.1) is 35.1 Å². The molecule has 1 saturated heterocycles. The van der Waals surface area contributed by atoms with Crippen molar-refractivity contribution >= 4 is 46.2 Å². The quantitative estimate of drug-likeness (QED) is 0.399. The molecule has 0 spiro atoms. The Morgan fingerprint density at radius 1 is 1.26 bits per heavy atom. The van der Waals surface area contributed by atoms with Crippen LogP contribution in [0.3, 0.4) is 0 Å². The lowest BCUT2D eigenvalue weighted by Gasteiger charge is -2.37. The van der Waals surface area contributed by atoms with Crippen molar-refractivity contribution < 1.29 is 14.3 Å². The molecule has 0 saturated carbocycles. The second kappa shape index (κ2) is 9.11. The molecule has 1 amide bonds. The van der Waals surface area contributed by atoms with E-state index >= 15 is 0 Å². The van der Waals surface area contributed by atoms with Gasteiger partial charge in [0.2, 0.25) is 5.95 Å². The third kappa shape index (κ3) is 4.41. The van der Waals surface area contributed by atoms with Gasteiger partial charge in [-0.3, -0.25) is 4.79 Å². The number of carbonyl (C=O) groups is 1. The predicted octanol–water partition coefficient (Wildman–Crippen LogP) is 1.12. The third-order valence-corrected chi connectivity index (χ3v) is 5.80. The van der Waals surface area contributed by atoms with Crippen molar-refractivity contribution in [2.75, 3.05) is 48.0 Å². The SMILES string of the molecule is CC(Nc1nc(N)nc(N)c1C#N)c1nc2c(Cl)cc(F)cc2c(=O)n1N1CCN(C(=O)O)CC1. The normalized spacial score (nSPS) is 14.6. The Labute approximate surface area is 202 Å². The Morgan fingerprint density at radius 2 is 1.94 bits per heavy atom. The van der Waals surface area contributed by atoms with Gasteiger partial charge in [0, 0.05) is 13.1 Å². The molecule has 13 nitrogen and oxygen atoms in total. The van der Waals surface area contributed by atoms with Crippen LogP contribution in [0, 0.1) is 17.1 Å². The molecule has 3 aromatic rings. The summed E-state index contributed by atoms with van der Waals surface area (Å²) in [6, 6.07) is 3.24. The van der Waals surface area contributed by atoms with Crippen molar-refractivity contribution in [1.82, 2.24) is 24.5 Å². The largest absolute Gasteiger partial charge is 0.465 e. The molecular weight excluding hydrogens is 483 g/mol. The van der Waals surface area contributed by atoms with Crippen molar-refractivity contribution in [3.8, 4) is 6.07 Å². The van der Waals surface area contributed by atoms with E-state index in [2.05, 4.69) is 20.3 Å². The number of nitriles is 1. The Bertz CT molecular complexity index is 1430. The number of piperazine rings is 1. The number of nitrogens with zero attached hydrogens (tertiary/aromatic N) is 7. The van der Waals surface area contributed by atoms with E-state index in [9.17, 15) is 24.3 Å². The molecule has 1 aliphatic rings. The maximum atomic E-state index is 14.1. The molecule has 2 aromatic heterocycles. The first-order valence-corrected chi connectivity index (χ1v) is 10.7. The number of benzene rings is 1. The van der Waals surface area contributed by atoms with Gasteiger partial charge < -0.3 is 31.8 Å². The zero-order valence-corrected chi connectivity index (χ0v) is 19.1. The number of nitrogens with two attached hydrogens (primary N) is 2. The number of fused-ring (bicyclic) bond motifs is 1. The van der Waals surface area contributed by atoms with Crippen molar-refractivity contribution in [3.05, 3.63) is 44.7 Å². The van der Waals surface area contributed by atoms with Gasteiger partial charge in [0.15, 0.2) is 11.6 Å². The lowest BCUT2D eigenvalue weighted by Crippen LogP contribution is -2.56. The van der Waals surface area contributed by atoms with Crippen LogP contribution in [0.25, 0.3) is 10.9 Å². The number of aromatic nitrogens is 4. The van der Waals surface area contributed by atoms with Crippen molar-refractivity contribution in [1.29, 1.82) is 5.26 Å². The molecule has 3 heterocycles. The molecule has 1 fully saturated rings. The number of carboxylic acid groups (broad SMARTS) is 1. The number of rotatable bonds is 4. The van der Waals surface area contributed by atoms with Gasteiger partial charge in [0.1, 0.15) is 23.3 Å². The predicted molar refractivity (Wildman–Crippen MR) is 126 cm³/mol. The lowest BCUT2D eigenvalue weighted by molar-refractivity contribution is 0.139. The third-order valence-electron chi connectivity index (χ3n) is 5.51. The average Bonchev–Trinajstić information content (AvgIpc) is 2.79. The fourth-order valence-electron chi connectivity index (χ4n) is 3.84.